The first kappa shape index (κ1) is 11.6. The number of rotatable bonds is 4. The smallest absolute Gasteiger partial charge is 0.252 e. The number of aryl methyl sites for hydroxylation is 1. The van der Waals surface area contributed by atoms with Gasteiger partial charge >= 0.3 is 0 Å². The highest BCUT2D eigenvalue weighted by atomic mass is 32.1. The van der Waals surface area contributed by atoms with Crippen LogP contribution in [0.2, 0.25) is 0 Å². The van der Waals surface area contributed by atoms with Crippen LogP contribution in [-0.4, -0.2) is 25.0 Å². The summed E-state index contributed by atoms with van der Waals surface area (Å²) in [4.78, 5) is 11.8. The van der Waals surface area contributed by atoms with Crippen molar-refractivity contribution in [1.82, 2.24) is 10.6 Å². The van der Waals surface area contributed by atoms with Gasteiger partial charge in [0.25, 0.3) is 5.91 Å². The van der Waals surface area contributed by atoms with E-state index in [2.05, 4.69) is 10.6 Å². The molecule has 88 valence electrons. The third-order valence-corrected chi connectivity index (χ3v) is 3.90. The van der Waals surface area contributed by atoms with Crippen LogP contribution in [0.25, 0.3) is 0 Å². The molecule has 1 amide bonds. The molecule has 2 rings (SSSR count). The molecule has 1 saturated heterocycles. The van der Waals surface area contributed by atoms with Crippen molar-refractivity contribution in [3.05, 3.63) is 21.9 Å². The average molecular weight is 238 g/mol. The van der Waals surface area contributed by atoms with E-state index in [0.717, 1.165) is 30.6 Å². The molecule has 1 atom stereocenters. The van der Waals surface area contributed by atoms with Crippen molar-refractivity contribution in [3.63, 3.8) is 0 Å². The van der Waals surface area contributed by atoms with Gasteiger partial charge in [0.15, 0.2) is 0 Å². The molecule has 16 heavy (non-hydrogen) atoms. The SMILES string of the molecule is Cc1cscc1C(=O)NCC[C@@H]1CCCN1. The molecule has 0 aliphatic carbocycles. The minimum atomic E-state index is 0.0664. The molecule has 1 aromatic heterocycles. The maximum atomic E-state index is 11.8. The molecule has 0 radical (unpaired) electrons. The third kappa shape index (κ3) is 2.83. The van der Waals surface area contributed by atoms with Crippen molar-refractivity contribution in [1.29, 1.82) is 0 Å². The van der Waals surface area contributed by atoms with Crippen LogP contribution in [-0.2, 0) is 0 Å². The van der Waals surface area contributed by atoms with E-state index in [4.69, 9.17) is 0 Å². The molecule has 0 unspecified atom stereocenters. The number of amides is 1. The molecule has 4 heteroatoms. The van der Waals surface area contributed by atoms with E-state index in [1.807, 2.05) is 17.7 Å². The van der Waals surface area contributed by atoms with Gasteiger partial charge in [-0.15, -0.1) is 0 Å². The summed E-state index contributed by atoms with van der Waals surface area (Å²) < 4.78 is 0. The second-order valence-electron chi connectivity index (χ2n) is 4.31. The molecule has 0 bridgehead atoms. The second kappa shape index (κ2) is 5.46. The van der Waals surface area contributed by atoms with Crippen molar-refractivity contribution in [3.8, 4) is 0 Å². The predicted molar refractivity (Wildman–Crippen MR) is 67.0 cm³/mol. The van der Waals surface area contributed by atoms with Gasteiger partial charge in [-0.2, -0.15) is 11.3 Å². The van der Waals surface area contributed by atoms with Crippen LogP contribution in [0.4, 0.5) is 0 Å². The van der Waals surface area contributed by atoms with E-state index in [0.29, 0.717) is 6.04 Å². The van der Waals surface area contributed by atoms with Gasteiger partial charge in [-0.05, 0) is 43.7 Å². The molecule has 0 aromatic carbocycles. The summed E-state index contributed by atoms with van der Waals surface area (Å²) in [5.41, 5.74) is 1.89. The maximum Gasteiger partial charge on any atom is 0.252 e. The molecule has 2 N–H and O–H groups in total. The molecule has 1 aliphatic rings. The van der Waals surface area contributed by atoms with E-state index in [1.165, 1.54) is 12.8 Å². The summed E-state index contributed by atoms with van der Waals surface area (Å²) >= 11 is 1.58. The van der Waals surface area contributed by atoms with Crippen LogP contribution in [0, 0.1) is 6.92 Å². The Morgan fingerprint density at radius 2 is 2.50 bits per heavy atom. The van der Waals surface area contributed by atoms with Gasteiger partial charge in [0, 0.05) is 18.0 Å². The zero-order valence-corrected chi connectivity index (χ0v) is 10.4. The topological polar surface area (TPSA) is 41.1 Å². The lowest BCUT2D eigenvalue weighted by Gasteiger charge is -2.10. The van der Waals surface area contributed by atoms with Gasteiger partial charge in [-0.1, -0.05) is 0 Å². The quantitative estimate of drug-likeness (QED) is 0.841. The summed E-state index contributed by atoms with van der Waals surface area (Å²) in [7, 11) is 0. The first-order valence-corrected chi connectivity index (χ1v) is 6.76. The van der Waals surface area contributed by atoms with Gasteiger partial charge in [-0.25, -0.2) is 0 Å². The number of hydrogen-bond acceptors (Lipinski definition) is 3. The Morgan fingerprint density at radius 3 is 3.12 bits per heavy atom. The molecular formula is C12H18N2OS. The first-order chi connectivity index (χ1) is 7.77. The maximum absolute atomic E-state index is 11.8. The van der Waals surface area contributed by atoms with Crippen LogP contribution in [0.1, 0.15) is 35.2 Å². The Morgan fingerprint density at radius 1 is 1.62 bits per heavy atom. The first-order valence-electron chi connectivity index (χ1n) is 5.82. The number of thiophene rings is 1. The largest absolute Gasteiger partial charge is 0.352 e. The minimum Gasteiger partial charge on any atom is -0.352 e. The van der Waals surface area contributed by atoms with Crippen molar-refractivity contribution < 1.29 is 4.79 Å². The fourth-order valence-electron chi connectivity index (χ4n) is 2.05. The fraction of sp³-hybridized carbons (Fsp3) is 0.583. The van der Waals surface area contributed by atoms with Crippen LogP contribution in [0.3, 0.4) is 0 Å². The van der Waals surface area contributed by atoms with Gasteiger partial charge in [0.05, 0.1) is 5.56 Å². The lowest BCUT2D eigenvalue weighted by atomic mass is 10.1. The van der Waals surface area contributed by atoms with Gasteiger partial charge in [0.2, 0.25) is 0 Å². The predicted octanol–water partition coefficient (Wildman–Crippen LogP) is 1.93. The van der Waals surface area contributed by atoms with E-state index < -0.39 is 0 Å². The molecule has 3 nitrogen and oxygen atoms in total. The van der Waals surface area contributed by atoms with Crippen LogP contribution >= 0.6 is 11.3 Å². The number of carbonyl (C=O) groups is 1. The second-order valence-corrected chi connectivity index (χ2v) is 5.05. The van der Waals surface area contributed by atoms with Gasteiger partial charge < -0.3 is 10.6 Å². The third-order valence-electron chi connectivity index (χ3n) is 3.04. The van der Waals surface area contributed by atoms with Crippen LogP contribution in [0.5, 0.6) is 0 Å². The number of nitrogens with one attached hydrogen (secondary N) is 2. The molecule has 1 aliphatic heterocycles. The van der Waals surface area contributed by atoms with Crippen molar-refractivity contribution >= 4 is 17.2 Å². The number of hydrogen-bond donors (Lipinski definition) is 2. The van der Waals surface area contributed by atoms with Crippen LogP contribution < -0.4 is 10.6 Å². The van der Waals surface area contributed by atoms with E-state index >= 15 is 0 Å². The minimum absolute atomic E-state index is 0.0664. The highest BCUT2D eigenvalue weighted by Gasteiger charge is 2.14. The zero-order valence-electron chi connectivity index (χ0n) is 9.58. The van der Waals surface area contributed by atoms with Crippen molar-refractivity contribution in [2.45, 2.75) is 32.2 Å². The van der Waals surface area contributed by atoms with Crippen LogP contribution in [0.15, 0.2) is 10.8 Å². The molecule has 1 fully saturated rings. The normalized spacial score (nSPS) is 19.9. The molecule has 0 saturated carbocycles. The Labute approximate surface area is 100 Å². The Hall–Kier alpha value is -0.870. The monoisotopic (exact) mass is 238 g/mol. The Bertz CT molecular complexity index is 356. The highest BCUT2D eigenvalue weighted by molar-refractivity contribution is 7.08. The summed E-state index contributed by atoms with van der Waals surface area (Å²) in [5.74, 6) is 0.0664. The standard InChI is InChI=1S/C12H18N2OS/c1-9-7-16-8-11(9)12(15)14-6-4-10-3-2-5-13-10/h7-8,10,13H,2-6H2,1H3,(H,14,15)/t10-/m0/s1. The Kier molecular flexibility index (Phi) is 3.96. The van der Waals surface area contributed by atoms with Crippen molar-refractivity contribution in [2.24, 2.45) is 0 Å². The average Bonchev–Trinajstić information content (AvgIpc) is 2.88. The van der Waals surface area contributed by atoms with E-state index in [-0.39, 0.29) is 5.91 Å². The van der Waals surface area contributed by atoms with Crippen molar-refractivity contribution in [2.75, 3.05) is 13.1 Å². The molecule has 2 heterocycles. The summed E-state index contributed by atoms with van der Waals surface area (Å²) in [6, 6.07) is 0.601. The summed E-state index contributed by atoms with van der Waals surface area (Å²) in [6.45, 7) is 3.87. The summed E-state index contributed by atoms with van der Waals surface area (Å²) in [5, 5.41) is 10.3. The number of carbonyl (C=O) groups excluding carboxylic acids is 1. The molecular weight excluding hydrogens is 220 g/mol. The van der Waals surface area contributed by atoms with Gasteiger partial charge in [-0.3, -0.25) is 4.79 Å². The molecule has 0 spiro atoms. The van der Waals surface area contributed by atoms with Gasteiger partial charge in [0.1, 0.15) is 0 Å². The van der Waals surface area contributed by atoms with E-state index in [1.54, 1.807) is 11.3 Å². The lowest BCUT2D eigenvalue weighted by Crippen LogP contribution is -2.30. The summed E-state index contributed by atoms with van der Waals surface area (Å²) in [6.07, 6.45) is 3.55. The van der Waals surface area contributed by atoms with E-state index in [9.17, 15) is 4.79 Å². The lowest BCUT2D eigenvalue weighted by molar-refractivity contribution is 0.0952. The highest BCUT2D eigenvalue weighted by Crippen LogP contribution is 2.13. The zero-order chi connectivity index (χ0) is 11.4. The molecule has 1 aromatic rings. The fourth-order valence-corrected chi connectivity index (χ4v) is 2.88. The Balaban J connectivity index is 1.73.